The predicted molar refractivity (Wildman–Crippen MR) is 129 cm³/mol. The number of nitrogens with one attached hydrogen (secondary N) is 1. The molecule has 0 fully saturated rings. The van der Waals surface area contributed by atoms with Crippen LogP contribution in [0.3, 0.4) is 0 Å². The Morgan fingerprint density at radius 2 is 1.70 bits per heavy atom. The first-order chi connectivity index (χ1) is 15.9. The standard InChI is InChI=1S/C26H23N5O2/c1-16-9-12-21-22(13-16)30(15-19-7-5-4-6-8-19)26(33)24-28-23(29-31(21)24)25(32)27-20-11-10-17(2)18(3)14-20/h4-14H,15H2,1-3H3,(H,27,32). The van der Waals surface area contributed by atoms with Crippen LogP contribution in [-0.4, -0.2) is 25.1 Å². The van der Waals surface area contributed by atoms with E-state index >= 15 is 0 Å². The van der Waals surface area contributed by atoms with Gasteiger partial charge in [0.05, 0.1) is 17.6 Å². The van der Waals surface area contributed by atoms with E-state index in [1.807, 2.05) is 87.5 Å². The maximum atomic E-state index is 13.4. The number of rotatable bonds is 4. The van der Waals surface area contributed by atoms with Crippen molar-refractivity contribution in [2.45, 2.75) is 27.3 Å². The second kappa shape index (κ2) is 8.02. The van der Waals surface area contributed by atoms with Crippen molar-refractivity contribution in [1.29, 1.82) is 0 Å². The molecule has 164 valence electrons. The number of amides is 1. The lowest BCUT2D eigenvalue weighted by Crippen LogP contribution is -2.24. The molecule has 0 radical (unpaired) electrons. The Kier molecular flexibility index (Phi) is 5.01. The van der Waals surface area contributed by atoms with Crippen LogP contribution in [-0.2, 0) is 6.54 Å². The van der Waals surface area contributed by atoms with Crippen LogP contribution in [0.2, 0.25) is 0 Å². The van der Waals surface area contributed by atoms with Gasteiger partial charge < -0.3 is 5.32 Å². The third kappa shape index (κ3) is 3.78. The van der Waals surface area contributed by atoms with E-state index in [2.05, 4.69) is 15.4 Å². The van der Waals surface area contributed by atoms with Crippen molar-refractivity contribution in [1.82, 2.24) is 19.2 Å². The molecule has 0 unspecified atom stereocenters. The lowest BCUT2D eigenvalue weighted by atomic mass is 10.1. The minimum atomic E-state index is -0.462. The molecule has 7 nitrogen and oxygen atoms in total. The van der Waals surface area contributed by atoms with Gasteiger partial charge in [0, 0.05) is 5.69 Å². The molecule has 2 aromatic heterocycles. The lowest BCUT2D eigenvalue weighted by molar-refractivity contribution is 0.101. The van der Waals surface area contributed by atoms with E-state index in [1.54, 1.807) is 4.57 Å². The smallest absolute Gasteiger partial charge is 0.296 e. The second-order valence-corrected chi connectivity index (χ2v) is 8.29. The van der Waals surface area contributed by atoms with E-state index in [4.69, 9.17) is 0 Å². The van der Waals surface area contributed by atoms with Crippen molar-refractivity contribution in [3.63, 3.8) is 0 Å². The van der Waals surface area contributed by atoms with E-state index in [0.29, 0.717) is 17.7 Å². The first-order valence-corrected chi connectivity index (χ1v) is 10.7. The van der Waals surface area contributed by atoms with E-state index in [-0.39, 0.29) is 17.0 Å². The number of nitrogens with zero attached hydrogens (tertiary/aromatic N) is 4. The number of hydrogen-bond donors (Lipinski definition) is 1. The van der Waals surface area contributed by atoms with Crippen LogP contribution in [0.25, 0.3) is 16.7 Å². The van der Waals surface area contributed by atoms with Gasteiger partial charge in [-0.15, -0.1) is 5.10 Å². The molecule has 0 saturated carbocycles. The van der Waals surface area contributed by atoms with E-state index in [9.17, 15) is 9.59 Å². The van der Waals surface area contributed by atoms with Gasteiger partial charge in [-0.3, -0.25) is 14.2 Å². The van der Waals surface area contributed by atoms with Gasteiger partial charge in [0.1, 0.15) is 0 Å². The molecule has 3 aromatic carbocycles. The number of aromatic nitrogens is 4. The van der Waals surface area contributed by atoms with Crippen LogP contribution in [0.5, 0.6) is 0 Å². The number of anilines is 1. The van der Waals surface area contributed by atoms with Crippen LogP contribution in [0.1, 0.15) is 32.9 Å². The van der Waals surface area contributed by atoms with Crippen molar-refractivity contribution in [3.8, 4) is 0 Å². The molecule has 0 atom stereocenters. The van der Waals surface area contributed by atoms with Crippen molar-refractivity contribution in [2.24, 2.45) is 0 Å². The van der Waals surface area contributed by atoms with E-state index in [0.717, 1.165) is 27.8 Å². The summed E-state index contributed by atoms with van der Waals surface area (Å²) in [6.07, 6.45) is 0. The second-order valence-electron chi connectivity index (χ2n) is 8.29. The van der Waals surface area contributed by atoms with Gasteiger partial charge in [0.15, 0.2) is 0 Å². The predicted octanol–water partition coefficient (Wildman–Crippen LogP) is 4.27. The minimum absolute atomic E-state index is 0.0512. The normalized spacial score (nSPS) is 11.2. The average molecular weight is 438 g/mol. The maximum Gasteiger partial charge on any atom is 0.296 e. The number of hydrogen-bond acceptors (Lipinski definition) is 4. The van der Waals surface area contributed by atoms with Crippen LogP contribution in [0.15, 0.2) is 71.5 Å². The fourth-order valence-electron chi connectivity index (χ4n) is 3.90. The molecule has 0 aliphatic rings. The van der Waals surface area contributed by atoms with E-state index < -0.39 is 5.91 Å². The van der Waals surface area contributed by atoms with Crippen molar-refractivity contribution in [3.05, 3.63) is 105 Å². The Morgan fingerprint density at radius 3 is 2.45 bits per heavy atom. The highest BCUT2D eigenvalue weighted by atomic mass is 16.2. The Bertz CT molecular complexity index is 1580. The SMILES string of the molecule is Cc1ccc2c(c1)n(Cc1ccccc1)c(=O)c1nc(C(=O)Nc3ccc(C)c(C)c3)nn12. The number of carbonyl (C=O) groups is 1. The molecule has 0 spiro atoms. The Morgan fingerprint density at radius 1 is 0.909 bits per heavy atom. The molecule has 0 aliphatic carbocycles. The van der Waals surface area contributed by atoms with Crippen molar-refractivity contribution < 1.29 is 4.79 Å². The monoisotopic (exact) mass is 437 g/mol. The molecule has 5 rings (SSSR count). The lowest BCUT2D eigenvalue weighted by Gasteiger charge is -2.12. The van der Waals surface area contributed by atoms with E-state index in [1.165, 1.54) is 4.52 Å². The molecule has 2 heterocycles. The van der Waals surface area contributed by atoms with Gasteiger partial charge >= 0.3 is 0 Å². The third-order valence-electron chi connectivity index (χ3n) is 5.84. The summed E-state index contributed by atoms with van der Waals surface area (Å²) < 4.78 is 3.15. The molecule has 0 saturated heterocycles. The first-order valence-electron chi connectivity index (χ1n) is 10.7. The molecule has 1 N–H and O–H groups in total. The van der Waals surface area contributed by atoms with Crippen molar-refractivity contribution >= 4 is 28.3 Å². The van der Waals surface area contributed by atoms with Crippen LogP contribution >= 0.6 is 0 Å². The number of aryl methyl sites for hydroxylation is 3. The molecule has 0 aliphatic heterocycles. The summed E-state index contributed by atoms with van der Waals surface area (Å²) >= 11 is 0. The van der Waals surface area contributed by atoms with Gasteiger partial charge in [0.2, 0.25) is 11.5 Å². The van der Waals surface area contributed by atoms with Gasteiger partial charge in [-0.1, -0.05) is 42.5 Å². The summed E-state index contributed by atoms with van der Waals surface area (Å²) in [6, 6.07) is 21.3. The molecule has 5 aromatic rings. The number of carbonyl (C=O) groups excluding carboxylic acids is 1. The van der Waals surface area contributed by atoms with Crippen LogP contribution < -0.4 is 10.9 Å². The largest absolute Gasteiger partial charge is 0.319 e. The zero-order valence-corrected chi connectivity index (χ0v) is 18.7. The minimum Gasteiger partial charge on any atom is -0.319 e. The zero-order chi connectivity index (χ0) is 23.1. The number of fused-ring (bicyclic) bond motifs is 3. The highest BCUT2D eigenvalue weighted by molar-refractivity contribution is 6.02. The fourth-order valence-corrected chi connectivity index (χ4v) is 3.90. The summed E-state index contributed by atoms with van der Waals surface area (Å²) in [5.41, 5.74) is 6.16. The average Bonchev–Trinajstić information content (AvgIpc) is 3.26. The highest BCUT2D eigenvalue weighted by Gasteiger charge is 2.19. The topological polar surface area (TPSA) is 81.3 Å². The summed E-state index contributed by atoms with van der Waals surface area (Å²) in [5.74, 6) is -0.513. The molecule has 7 heteroatoms. The Hall–Kier alpha value is -4.26. The van der Waals surface area contributed by atoms with Crippen LogP contribution in [0, 0.1) is 20.8 Å². The Labute approximate surface area is 190 Å². The Balaban J connectivity index is 1.63. The van der Waals surface area contributed by atoms with Gasteiger partial charge in [0.25, 0.3) is 11.5 Å². The first kappa shape index (κ1) is 20.6. The molecule has 1 amide bonds. The van der Waals surface area contributed by atoms with Gasteiger partial charge in [-0.05, 0) is 67.3 Å². The summed E-state index contributed by atoms with van der Waals surface area (Å²) in [5, 5.41) is 7.23. The number of benzene rings is 3. The van der Waals surface area contributed by atoms with Gasteiger partial charge in [-0.2, -0.15) is 4.98 Å². The molecule has 0 bridgehead atoms. The van der Waals surface area contributed by atoms with Crippen molar-refractivity contribution in [2.75, 3.05) is 5.32 Å². The molecular formula is C26H23N5O2. The van der Waals surface area contributed by atoms with Crippen LogP contribution in [0.4, 0.5) is 5.69 Å². The fraction of sp³-hybridized carbons (Fsp3) is 0.154. The maximum absolute atomic E-state index is 13.4. The zero-order valence-electron chi connectivity index (χ0n) is 18.7. The summed E-state index contributed by atoms with van der Waals surface area (Å²) in [7, 11) is 0. The highest BCUT2D eigenvalue weighted by Crippen LogP contribution is 2.18. The van der Waals surface area contributed by atoms with Gasteiger partial charge in [-0.25, -0.2) is 4.52 Å². The molecule has 33 heavy (non-hydrogen) atoms. The summed E-state index contributed by atoms with van der Waals surface area (Å²) in [6.45, 7) is 6.37. The third-order valence-corrected chi connectivity index (χ3v) is 5.84. The quantitative estimate of drug-likeness (QED) is 0.455. The summed E-state index contributed by atoms with van der Waals surface area (Å²) in [4.78, 5) is 30.7. The molecular weight excluding hydrogens is 414 g/mol.